The Balaban J connectivity index is 3.20. The van der Waals surface area contributed by atoms with Gasteiger partial charge in [0.15, 0.2) is 11.5 Å². The van der Waals surface area contributed by atoms with Crippen LogP contribution in [0.3, 0.4) is 0 Å². The molecule has 0 amide bonds. The van der Waals surface area contributed by atoms with E-state index in [0.717, 1.165) is 0 Å². The van der Waals surface area contributed by atoms with Gasteiger partial charge in [-0.3, -0.25) is 0 Å². The summed E-state index contributed by atoms with van der Waals surface area (Å²) in [6.07, 6.45) is 2.20. The molecule has 1 aliphatic rings. The summed E-state index contributed by atoms with van der Waals surface area (Å²) in [5, 5.41) is 0. The molecule has 4 nitrogen and oxygen atoms in total. The van der Waals surface area contributed by atoms with Crippen LogP contribution < -0.4 is 0 Å². The highest BCUT2D eigenvalue weighted by molar-refractivity contribution is 5.63. The van der Waals surface area contributed by atoms with Crippen LogP contribution in [0.15, 0.2) is 28.9 Å². The van der Waals surface area contributed by atoms with Crippen LogP contribution in [0.5, 0.6) is 0 Å². The van der Waals surface area contributed by atoms with E-state index in [1.165, 1.54) is 21.3 Å². The summed E-state index contributed by atoms with van der Waals surface area (Å²) in [4.78, 5) is 10.6. The zero-order valence-corrected chi connectivity index (χ0v) is 8.42. The van der Waals surface area contributed by atoms with Crippen molar-refractivity contribution in [1.82, 2.24) is 0 Å². The summed E-state index contributed by atoms with van der Waals surface area (Å²) in [6, 6.07) is 0. The molecule has 0 aromatic rings. The highest BCUT2D eigenvalue weighted by Crippen LogP contribution is 2.29. The lowest BCUT2D eigenvalue weighted by Gasteiger charge is -2.18. The van der Waals surface area contributed by atoms with Gasteiger partial charge in [-0.25, -0.2) is 4.79 Å². The van der Waals surface area contributed by atoms with E-state index >= 15 is 0 Å². The second-order valence-electron chi connectivity index (χ2n) is 2.62. The van der Waals surface area contributed by atoms with E-state index in [4.69, 9.17) is 14.2 Å². The van der Waals surface area contributed by atoms with Crippen molar-refractivity contribution >= 4 is 5.94 Å². The van der Waals surface area contributed by atoms with Crippen molar-refractivity contribution in [2.45, 2.75) is 6.42 Å². The largest absolute Gasteiger partial charge is 0.493 e. The molecular formula is C10H12O4. The van der Waals surface area contributed by atoms with Crippen LogP contribution in [0, 0.1) is 0 Å². The van der Waals surface area contributed by atoms with Gasteiger partial charge < -0.3 is 14.2 Å². The first-order chi connectivity index (χ1) is 6.78. The van der Waals surface area contributed by atoms with Gasteiger partial charge in [-0.1, -0.05) is 0 Å². The molecule has 0 heterocycles. The van der Waals surface area contributed by atoms with Crippen molar-refractivity contribution in [2.75, 3.05) is 21.3 Å². The summed E-state index contributed by atoms with van der Waals surface area (Å²) < 4.78 is 15.2. The third-order valence-corrected chi connectivity index (χ3v) is 1.95. The van der Waals surface area contributed by atoms with Crippen molar-refractivity contribution < 1.29 is 19.0 Å². The van der Waals surface area contributed by atoms with Gasteiger partial charge in [-0.15, -0.1) is 0 Å². The molecule has 0 fully saturated rings. The minimum Gasteiger partial charge on any atom is -0.493 e. The Morgan fingerprint density at radius 2 is 1.79 bits per heavy atom. The average molecular weight is 196 g/mol. The maximum Gasteiger partial charge on any atom is 0.204 e. The van der Waals surface area contributed by atoms with Crippen molar-refractivity contribution in [2.24, 2.45) is 0 Å². The molecule has 0 aromatic carbocycles. The second-order valence-corrected chi connectivity index (χ2v) is 2.62. The molecule has 0 unspecified atom stereocenters. The molecule has 0 spiro atoms. The SMILES string of the molecule is COC1=CCC(=C=O)C(OC)=C1OC. The highest BCUT2D eigenvalue weighted by Gasteiger charge is 2.23. The van der Waals surface area contributed by atoms with E-state index in [2.05, 4.69) is 0 Å². The summed E-state index contributed by atoms with van der Waals surface area (Å²) >= 11 is 0. The number of hydrogen-bond acceptors (Lipinski definition) is 4. The maximum absolute atomic E-state index is 10.6. The van der Waals surface area contributed by atoms with Crippen LogP contribution >= 0.6 is 0 Å². The van der Waals surface area contributed by atoms with Gasteiger partial charge in [0.25, 0.3) is 0 Å². The molecule has 0 saturated heterocycles. The number of allylic oxidation sites excluding steroid dienone is 2. The van der Waals surface area contributed by atoms with Crippen molar-refractivity contribution in [3.63, 3.8) is 0 Å². The Kier molecular flexibility index (Phi) is 3.37. The van der Waals surface area contributed by atoms with E-state index in [-0.39, 0.29) is 0 Å². The molecule has 0 bridgehead atoms. The Bertz CT molecular complexity index is 332. The molecule has 0 N–H and O–H groups in total. The fourth-order valence-corrected chi connectivity index (χ4v) is 1.30. The summed E-state index contributed by atoms with van der Waals surface area (Å²) in [5.41, 5.74) is 0.435. The van der Waals surface area contributed by atoms with E-state index in [0.29, 0.717) is 29.3 Å². The summed E-state index contributed by atoms with van der Waals surface area (Å²) in [6.45, 7) is 0. The molecule has 0 aromatic heterocycles. The molecule has 14 heavy (non-hydrogen) atoms. The van der Waals surface area contributed by atoms with Crippen LogP contribution in [-0.4, -0.2) is 27.3 Å². The normalized spacial score (nSPS) is 15.9. The molecule has 0 aliphatic heterocycles. The highest BCUT2D eigenvalue weighted by atomic mass is 16.5. The minimum absolute atomic E-state index is 0.391. The lowest BCUT2D eigenvalue weighted by Crippen LogP contribution is -2.09. The maximum atomic E-state index is 10.6. The van der Waals surface area contributed by atoms with E-state index < -0.39 is 0 Å². The zero-order valence-electron chi connectivity index (χ0n) is 8.42. The zero-order chi connectivity index (χ0) is 10.6. The van der Waals surface area contributed by atoms with Crippen molar-refractivity contribution in [1.29, 1.82) is 0 Å². The number of methoxy groups -OCH3 is 3. The minimum atomic E-state index is 0.391. The topological polar surface area (TPSA) is 44.8 Å². The first-order valence-electron chi connectivity index (χ1n) is 4.09. The Morgan fingerprint density at radius 3 is 2.21 bits per heavy atom. The number of hydrogen-bond donors (Lipinski definition) is 0. The van der Waals surface area contributed by atoms with Crippen LogP contribution in [0.4, 0.5) is 0 Å². The van der Waals surface area contributed by atoms with Gasteiger partial charge >= 0.3 is 0 Å². The molecule has 1 rings (SSSR count). The van der Waals surface area contributed by atoms with Crippen LogP contribution in [0.2, 0.25) is 0 Å². The van der Waals surface area contributed by atoms with Crippen molar-refractivity contribution in [3.05, 3.63) is 28.9 Å². The Morgan fingerprint density at radius 1 is 1.14 bits per heavy atom. The van der Waals surface area contributed by atoms with Gasteiger partial charge in [-0.05, 0) is 6.08 Å². The first kappa shape index (κ1) is 10.4. The molecule has 4 heteroatoms. The average Bonchev–Trinajstić information content (AvgIpc) is 2.26. The van der Waals surface area contributed by atoms with E-state index in [1.54, 1.807) is 6.08 Å². The number of rotatable bonds is 3. The summed E-state index contributed by atoms with van der Waals surface area (Å²) in [5.74, 6) is 3.21. The molecular weight excluding hydrogens is 184 g/mol. The quantitative estimate of drug-likeness (QED) is 0.636. The monoisotopic (exact) mass is 196 g/mol. The van der Waals surface area contributed by atoms with Gasteiger partial charge in [0, 0.05) is 6.42 Å². The lowest BCUT2D eigenvalue weighted by atomic mass is 10.0. The predicted octanol–water partition coefficient (Wildman–Crippen LogP) is 1.18. The van der Waals surface area contributed by atoms with Crippen LogP contribution in [-0.2, 0) is 19.0 Å². The number of carbonyl (C=O) groups excluding carboxylic acids is 1. The lowest BCUT2D eigenvalue weighted by molar-refractivity contribution is 0.184. The second kappa shape index (κ2) is 4.53. The third kappa shape index (κ3) is 1.65. The Labute approximate surface area is 82.5 Å². The number of ether oxygens (including phenoxy) is 3. The van der Waals surface area contributed by atoms with Gasteiger partial charge in [0.05, 0.1) is 26.9 Å². The van der Waals surface area contributed by atoms with Gasteiger partial charge in [0.1, 0.15) is 5.94 Å². The van der Waals surface area contributed by atoms with E-state index in [9.17, 15) is 4.79 Å². The van der Waals surface area contributed by atoms with Gasteiger partial charge in [-0.2, -0.15) is 0 Å². The fraction of sp³-hybridized carbons (Fsp3) is 0.400. The van der Waals surface area contributed by atoms with Crippen molar-refractivity contribution in [3.8, 4) is 0 Å². The molecule has 76 valence electrons. The molecule has 1 aliphatic carbocycles. The molecule has 0 saturated carbocycles. The first-order valence-corrected chi connectivity index (χ1v) is 4.09. The standard InChI is InChI=1S/C10H12O4/c1-12-8-5-4-7(6-11)9(13-2)10(8)14-3/h5H,4H2,1-3H3. The predicted molar refractivity (Wildman–Crippen MR) is 50.0 cm³/mol. The van der Waals surface area contributed by atoms with Crippen LogP contribution in [0.1, 0.15) is 6.42 Å². The molecule has 0 radical (unpaired) electrons. The smallest absolute Gasteiger partial charge is 0.204 e. The Hall–Kier alpha value is -1.67. The van der Waals surface area contributed by atoms with E-state index in [1.807, 2.05) is 5.94 Å². The fourth-order valence-electron chi connectivity index (χ4n) is 1.30. The van der Waals surface area contributed by atoms with Crippen LogP contribution in [0.25, 0.3) is 0 Å². The third-order valence-electron chi connectivity index (χ3n) is 1.95. The summed E-state index contributed by atoms with van der Waals surface area (Å²) in [7, 11) is 4.51. The van der Waals surface area contributed by atoms with Gasteiger partial charge in [0.2, 0.25) is 5.76 Å². The molecule has 0 atom stereocenters.